The average Bonchev–Trinajstić information content (AvgIpc) is 2.62. The van der Waals surface area contributed by atoms with Crippen molar-refractivity contribution in [2.75, 3.05) is 26.2 Å². The molecule has 0 unspecified atom stereocenters. The van der Waals surface area contributed by atoms with Gasteiger partial charge in [-0.05, 0) is 28.7 Å². The Labute approximate surface area is 132 Å². The molecule has 0 aromatic heterocycles. The summed E-state index contributed by atoms with van der Waals surface area (Å²) in [7, 11) is 0. The second-order valence-corrected chi connectivity index (χ2v) is 6.12. The molecule has 2 aromatic carbocycles. The minimum atomic E-state index is 1.06. The fraction of sp³-hybridized carbons (Fsp3) is 0.300. The van der Waals surface area contributed by atoms with E-state index in [1.165, 1.54) is 28.0 Å². The fourth-order valence-corrected chi connectivity index (χ4v) is 3.60. The summed E-state index contributed by atoms with van der Waals surface area (Å²) in [5, 5.41) is 3.44. The number of rotatable bonds is 2. The van der Waals surface area contributed by atoms with Gasteiger partial charge in [-0.1, -0.05) is 54.6 Å². The van der Waals surface area contributed by atoms with Gasteiger partial charge in [-0.25, -0.2) is 0 Å². The molecule has 0 bridgehead atoms. The quantitative estimate of drug-likeness (QED) is 0.913. The molecule has 0 radical (unpaired) electrons. The fourth-order valence-electron chi connectivity index (χ4n) is 3.60. The van der Waals surface area contributed by atoms with Crippen molar-refractivity contribution in [2.24, 2.45) is 0 Å². The summed E-state index contributed by atoms with van der Waals surface area (Å²) >= 11 is 0. The monoisotopic (exact) mass is 290 g/mol. The normalized spacial score (nSPS) is 17.8. The number of benzene rings is 2. The van der Waals surface area contributed by atoms with Crippen molar-refractivity contribution in [3.8, 4) is 11.1 Å². The highest BCUT2D eigenvalue weighted by atomic mass is 15.2. The third-order valence-electron chi connectivity index (χ3n) is 4.80. The summed E-state index contributed by atoms with van der Waals surface area (Å²) in [6.45, 7) is 4.47. The summed E-state index contributed by atoms with van der Waals surface area (Å²) in [4.78, 5) is 2.56. The van der Waals surface area contributed by atoms with E-state index in [9.17, 15) is 0 Å². The minimum absolute atomic E-state index is 1.06. The summed E-state index contributed by atoms with van der Waals surface area (Å²) in [5.74, 6) is 0. The standard InChI is InChI=1S/C20H22N2/c1-2-5-16(6-3-1)19-8-4-7-17-9-10-18(15-20(17)19)22-13-11-21-12-14-22/h1-8,10,21H,9,11-15H2. The molecular formula is C20H22N2. The Balaban J connectivity index is 1.67. The van der Waals surface area contributed by atoms with Gasteiger partial charge in [-0.2, -0.15) is 0 Å². The Hall–Kier alpha value is -2.06. The van der Waals surface area contributed by atoms with Gasteiger partial charge in [-0.15, -0.1) is 0 Å². The molecule has 112 valence electrons. The molecule has 0 amide bonds. The van der Waals surface area contributed by atoms with E-state index >= 15 is 0 Å². The van der Waals surface area contributed by atoms with Crippen LogP contribution < -0.4 is 5.32 Å². The molecular weight excluding hydrogens is 268 g/mol. The van der Waals surface area contributed by atoms with Crippen molar-refractivity contribution in [3.05, 3.63) is 71.4 Å². The SMILES string of the molecule is C1=C(N2CCNCC2)Cc2c(cccc2-c2ccccc2)C1. The van der Waals surface area contributed by atoms with Gasteiger partial charge in [0.15, 0.2) is 0 Å². The van der Waals surface area contributed by atoms with Crippen molar-refractivity contribution in [1.29, 1.82) is 0 Å². The number of fused-ring (bicyclic) bond motifs is 1. The maximum atomic E-state index is 3.44. The van der Waals surface area contributed by atoms with Crippen LogP contribution in [0, 0.1) is 0 Å². The van der Waals surface area contributed by atoms with E-state index in [4.69, 9.17) is 0 Å². The number of nitrogens with one attached hydrogen (secondary N) is 1. The van der Waals surface area contributed by atoms with E-state index in [0.717, 1.165) is 39.0 Å². The molecule has 1 heterocycles. The number of nitrogens with zero attached hydrogens (tertiary/aromatic N) is 1. The maximum absolute atomic E-state index is 3.44. The zero-order valence-corrected chi connectivity index (χ0v) is 12.9. The van der Waals surface area contributed by atoms with Gasteiger partial charge in [0.2, 0.25) is 0 Å². The lowest BCUT2D eigenvalue weighted by molar-refractivity contribution is 0.292. The second-order valence-electron chi connectivity index (χ2n) is 6.12. The molecule has 2 nitrogen and oxygen atoms in total. The van der Waals surface area contributed by atoms with Crippen LogP contribution in [0.25, 0.3) is 11.1 Å². The first-order chi connectivity index (χ1) is 10.9. The van der Waals surface area contributed by atoms with Gasteiger partial charge in [0, 0.05) is 38.3 Å². The molecule has 1 N–H and O–H groups in total. The second kappa shape index (κ2) is 5.98. The number of allylic oxidation sites excluding steroid dienone is 2. The molecule has 0 spiro atoms. The molecule has 0 saturated carbocycles. The van der Waals surface area contributed by atoms with Crippen LogP contribution in [0.5, 0.6) is 0 Å². The highest BCUT2D eigenvalue weighted by Crippen LogP contribution is 2.32. The molecule has 0 atom stereocenters. The first-order valence-corrected chi connectivity index (χ1v) is 8.23. The zero-order chi connectivity index (χ0) is 14.8. The Morgan fingerprint density at radius 1 is 0.864 bits per heavy atom. The van der Waals surface area contributed by atoms with Gasteiger partial charge >= 0.3 is 0 Å². The largest absolute Gasteiger partial charge is 0.372 e. The summed E-state index contributed by atoms with van der Waals surface area (Å²) < 4.78 is 0. The molecule has 1 aliphatic heterocycles. The van der Waals surface area contributed by atoms with Crippen LogP contribution in [0.15, 0.2) is 60.3 Å². The topological polar surface area (TPSA) is 15.3 Å². The summed E-state index contributed by atoms with van der Waals surface area (Å²) in [5.41, 5.74) is 7.25. The highest BCUT2D eigenvalue weighted by Gasteiger charge is 2.20. The van der Waals surface area contributed by atoms with Gasteiger partial charge < -0.3 is 10.2 Å². The van der Waals surface area contributed by atoms with Crippen LogP contribution in [-0.4, -0.2) is 31.1 Å². The smallest absolute Gasteiger partial charge is 0.0300 e. The number of hydrogen-bond acceptors (Lipinski definition) is 2. The van der Waals surface area contributed by atoms with Crippen LogP contribution >= 0.6 is 0 Å². The Kier molecular flexibility index (Phi) is 3.69. The predicted octanol–water partition coefficient (Wildman–Crippen LogP) is 3.24. The van der Waals surface area contributed by atoms with Crippen molar-refractivity contribution in [3.63, 3.8) is 0 Å². The predicted molar refractivity (Wildman–Crippen MR) is 91.8 cm³/mol. The summed E-state index contributed by atoms with van der Waals surface area (Å²) in [6, 6.07) is 17.5. The zero-order valence-electron chi connectivity index (χ0n) is 12.9. The summed E-state index contributed by atoms with van der Waals surface area (Å²) in [6.07, 6.45) is 4.57. The van der Waals surface area contributed by atoms with Gasteiger partial charge in [0.05, 0.1) is 0 Å². The first-order valence-electron chi connectivity index (χ1n) is 8.23. The van der Waals surface area contributed by atoms with Crippen molar-refractivity contribution >= 4 is 0 Å². The minimum Gasteiger partial charge on any atom is -0.372 e. The van der Waals surface area contributed by atoms with Crippen LogP contribution in [0.2, 0.25) is 0 Å². The Bertz CT molecular complexity index is 682. The Morgan fingerprint density at radius 3 is 2.50 bits per heavy atom. The third kappa shape index (κ3) is 2.55. The van der Waals surface area contributed by atoms with Gasteiger partial charge in [0.25, 0.3) is 0 Å². The van der Waals surface area contributed by atoms with E-state index in [1.54, 1.807) is 0 Å². The van der Waals surface area contributed by atoms with Crippen molar-refractivity contribution in [1.82, 2.24) is 10.2 Å². The molecule has 2 aromatic rings. The molecule has 1 fully saturated rings. The van der Waals surface area contributed by atoms with Crippen LogP contribution in [0.3, 0.4) is 0 Å². The van der Waals surface area contributed by atoms with E-state index in [1.807, 2.05) is 0 Å². The lowest BCUT2D eigenvalue weighted by Crippen LogP contribution is -2.43. The average molecular weight is 290 g/mol. The third-order valence-corrected chi connectivity index (χ3v) is 4.80. The van der Waals surface area contributed by atoms with Gasteiger partial charge in [-0.3, -0.25) is 0 Å². The molecule has 22 heavy (non-hydrogen) atoms. The van der Waals surface area contributed by atoms with E-state index in [-0.39, 0.29) is 0 Å². The molecule has 1 aliphatic carbocycles. The first kappa shape index (κ1) is 13.6. The number of piperazine rings is 1. The highest BCUT2D eigenvalue weighted by molar-refractivity contribution is 5.70. The van der Waals surface area contributed by atoms with E-state index < -0.39 is 0 Å². The number of hydrogen-bond donors (Lipinski definition) is 1. The van der Waals surface area contributed by atoms with Crippen LogP contribution in [0.1, 0.15) is 11.1 Å². The van der Waals surface area contributed by atoms with Crippen molar-refractivity contribution in [2.45, 2.75) is 12.8 Å². The molecule has 1 saturated heterocycles. The van der Waals surface area contributed by atoms with E-state index in [0.29, 0.717) is 0 Å². The van der Waals surface area contributed by atoms with Crippen molar-refractivity contribution < 1.29 is 0 Å². The van der Waals surface area contributed by atoms with Gasteiger partial charge in [0.1, 0.15) is 0 Å². The van der Waals surface area contributed by atoms with Crippen LogP contribution in [0.4, 0.5) is 0 Å². The maximum Gasteiger partial charge on any atom is 0.0300 e. The lowest BCUT2D eigenvalue weighted by atomic mass is 9.87. The molecule has 4 rings (SSSR count). The van der Waals surface area contributed by atoms with E-state index in [2.05, 4.69) is 64.8 Å². The molecule has 2 aliphatic rings. The lowest BCUT2D eigenvalue weighted by Gasteiger charge is -2.34. The van der Waals surface area contributed by atoms with Crippen LogP contribution in [-0.2, 0) is 12.8 Å². The molecule has 2 heteroatoms. The Morgan fingerprint density at radius 2 is 1.68 bits per heavy atom.